The van der Waals surface area contributed by atoms with Crippen LogP contribution in [-0.2, 0) is 65.4 Å². The molecule has 0 aliphatic heterocycles. The van der Waals surface area contributed by atoms with E-state index in [1.54, 1.807) is 0 Å². The first-order chi connectivity index (χ1) is 47.2. The first kappa shape index (κ1) is 95.1. The van der Waals surface area contributed by atoms with Gasteiger partial charge in [-0.1, -0.05) is 368 Å². The van der Waals surface area contributed by atoms with Crippen molar-refractivity contribution in [3.8, 4) is 0 Å². The Hall–Kier alpha value is -1.94. The third-order valence-electron chi connectivity index (χ3n) is 18.4. The quantitative estimate of drug-likeness (QED) is 0.0222. The Morgan fingerprint density at radius 2 is 0.412 bits per heavy atom. The van der Waals surface area contributed by atoms with Gasteiger partial charge < -0.3 is 33.8 Å². The first-order valence-electron chi connectivity index (χ1n) is 40.8. The molecule has 0 amide bonds. The molecule has 3 N–H and O–H groups in total. The summed E-state index contributed by atoms with van der Waals surface area (Å²) in [5.74, 6) is -2.11. The van der Waals surface area contributed by atoms with Crippen molar-refractivity contribution in [2.24, 2.45) is 0 Å². The van der Waals surface area contributed by atoms with E-state index in [2.05, 4.69) is 27.7 Å². The van der Waals surface area contributed by atoms with Crippen molar-refractivity contribution in [2.45, 2.75) is 438 Å². The second-order valence-electron chi connectivity index (χ2n) is 28.1. The number of hydrogen-bond donors (Lipinski definition) is 3. The molecule has 17 nitrogen and oxygen atoms in total. The van der Waals surface area contributed by atoms with E-state index < -0.39 is 97.5 Å². The second-order valence-corrected chi connectivity index (χ2v) is 31.0. The van der Waals surface area contributed by atoms with E-state index in [0.717, 1.165) is 89.9 Å². The average Bonchev–Trinajstić information content (AvgIpc) is 2.39. The van der Waals surface area contributed by atoms with Gasteiger partial charge in [-0.05, 0) is 25.7 Å². The molecule has 0 aliphatic carbocycles. The van der Waals surface area contributed by atoms with Gasteiger partial charge in [-0.2, -0.15) is 0 Å². The molecule has 19 heteroatoms. The molecule has 0 bridgehead atoms. The highest BCUT2D eigenvalue weighted by Crippen LogP contribution is 2.45. The van der Waals surface area contributed by atoms with Gasteiger partial charge in [-0.3, -0.25) is 37.3 Å². The minimum atomic E-state index is -4.96. The van der Waals surface area contributed by atoms with E-state index in [-0.39, 0.29) is 25.7 Å². The molecule has 0 aromatic rings. The largest absolute Gasteiger partial charge is 0.472 e. The molecule has 0 aliphatic rings. The van der Waals surface area contributed by atoms with Gasteiger partial charge in [-0.15, -0.1) is 0 Å². The molecule has 0 aromatic carbocycles. The maximum atomic E-state index is 13.1. The number of rotatable bonds is 79. The smallest absolute Gasteiger partial charge is 0.462 e. The zero-order chi connectivity index (χ0) is 71.1. The summed E-state index contributed by atoms with van der Waals surface area (Å²) in [5, 5.41) is 10.6. The van der Waals surface area contributed by atoms with Crippen molar-refractivity contribution in [3.05, 3.63) is 0 Å². The molecular formula is C78H152O17P2. The Morgan fingerprint density at radius 1 is 0.247 bits per heavy atom. The molecule has 0 saturated heterocycles. The number of phosphoric acid groups is 2. The van der Waals surface area contributed by atoms with Crippen LogP contribution in [0.3, 0.4) is 0 Å². The van der Waals surface area contributed by atoms with Crippen molar-refractivity contribution in [1.29, 1.82) is 0 Å². The van der Waals surface area contributed by atoms with Crippen LogP contribution in [0.1, 0.15) is 419 Å². The highest BCUT2D eigenvalue weighted by Gasteiger charge is 2.30. The fraction of sp³-hybridized carbons (Fsp3) is 0.949. The molecule has 5 atom stereocenters. The van der Waals surface area contributed by atoms with Crippen molar-refractivity contribution in [1.82, 2.24) is 0 Å². The Kier molecular flexibility index (Phi) is 71.0. The summed E-state index contributed by atoms with van der Waals surface area (Å²) < 4.78 is 68.6. The molecule has 0 spiro atoms. The highest BCUT2D eigenvalue weighted by molar-refractivity contribution is 7.47. The zero-order valence-corrected chi connectivity index (χ0v) is 64.8. The highest BCUT2D eigenvalue weighted by atomic mass is 31.2. The van der Waals surface area contributed by atoms with Crippen LogP contribution in [0.5, 0.6) is 0 Å². The summed E-state index contributed by atoms with van der Waals surface area (Å²) in [6, 6.07) is 0. The average molecular weight is 1420 g/mol. The van der Waals surface area contributed by atoms with E-state index in [1.165, 1.54) is 250 Å². The standard InChI is InChI=1S/C78H152O17P2/c1-5-9-13-17-21-25-29-31-33-35-37-39-41-44-47-51-55-59-63-76(81)89-69-74(95-78(83)65-61-57-53-49-45-42-40-38-36-34-32-30-26-22-18-14-10-6-2)71-93-97(86,87)91-67-72(79)66-90-96(84,85)92-70-73(68-88-75(80)62-58-54-50-46-28-24-20-16-12-8-4)94-77(82)64-60-56-52-48-43-27-23-19-15-11-7-3/h72-74,79H,5-71H2,1-4H3,(H,84,85)(H,86,87)/t72-,73+,74+/m0/s1. The molecule has 0 rings (SSSR count). The third kappa shape index (κ3) is 72.2. The predicted octanol–water partition coefficient (Wildman–Crippen LogP) is 23.4. The third-order valence-corrected chi connectivity index (χ3v) is 20.3. The summed E-state index contributed by atoms with van der Waals surface area (Å²) in [7, 11) is -9.91. The molecule has 0 radical (unpaired) electrons. The fourth-order valence-corrected chi connectivity index (χ4v) is 13.7. The number of aliphatic hydroxyl groups is 1. The predicted molar refractivity (Wildman–Crippen MR) is 395 cm³/mol. The lowest BCUT2D eigenvalue weighted by Gasteiger charge is -2.21. The first-order valence-corrected chi connectivity index (χ1v) is 43.8. The number of esters is 4. The number of aliphatic hydroxyl groups excluding tert-OH is 1. The van der Waals surface area contributed by atoms with Crippen molar-refractivity contribution in [3.63, 3.8) is 0 Å². The molecule has 97 heavy (non-hydrogen) atoms. The number of carbonyl (C=O) groups excluding carboxylic acids is 4. The monoisotopic (exact) mass is 1420 g/mol. The minimum Gasteiger partial charge on any atom is -0.462 e. The van der Waals surface area contributed by atoms with Crippen molar-refractivity contribution >= 4 is 39.5 Å². The van der Waals surface area contributed by atoms with Crippen LogP contribution < -0.4 is 0 Å². The fourth-order valence-electron chi connectivity index (χ4n) is 12.1. The van der Waals surface area contributed by atoms with Gasteiger partial charge in [0, 0.05) is 25.7 Å². The summed E-state index contributed by atoms with van der Waals surface area (Å²) in [5.41, 5.74) is 0. The summed E-state index contributed by atoms with van der Waals surface area (Å²) in [6.07, 6.45) is 63.8. The van der Waals surface area contributed by atoms with E-state index in [0.29, 0.717) is 25.7 Å². The number of ether oxygens (including phenoxy) is 4. The van der Waals surface area contributed by atoms with Crippen LogP contribution in [0.4, 0.5) is 0 Å². The van der Waals surface area contributed by atoms with Gasteiger partial charge in [0.25, 0.3) is 0 Å². The Balaban J connectivity index is 5.21. The Morgan fingerprint density at radius 3 is 0.608 bits per heavy atom. The van der Waals surface area contributed by atoms with E-state index in [4.69, 9.17) is 37.0 Å². The van der Waals surface area contributed by atoms with E-state index in [9.17, 15) is 43.2 Å². The van der Waals surface area contributed by atoms with Gasteiger partial charge in [0.05, 0.1) is 26.4 Å². The Labute approximate surface area is 594 Å². The minimum absolute atomic E-state index is 0.108. The van der Waals surface area contributed by atoms with Crippen LogP contribution in [0.2, 0.25) is 0 Å². The topological polar surface area (TPSA) is 237 Å². The molecule has 2 unspecified atom stereocenters. The van der Waals surface area contributed by atoms with Gasteiger partial charge in [0.1, 0.15) is 19.3 Å². The van der Waals surface area contributed by atoms with Gasteiger partial charge >= 0.3 is 39.5 Å². The van der Waals surface area contributed by atoms with Crippen LogP contribution >= 0.6 is 15.6 Å². The van der Waals surface area contributed by atoms with Crippen molar-refractivity contribution in [2.75, 3.05) is 39.6 Å². The van der Waals surface area contributed by atoms with Crippen LogP contribution in [0, 0.1) is 0 Å². The number of hydrogen-bond acceptors (Lipinski definition) is 15. The lowest BCUT2D eigenvalue weighted by atomic mass is 10.0. The lowest BCUT2D eigenvalue weighted by molar-refractivity contribution is -0.161. The van der Waals surface area contributed by atoms with Crippen LogP contribution in [-0.4, -0.2) is 96.7 Å². The normalized spacial score (nSPS) is 13.8. The van der Waals surface area contributed by atoms with Crippen LogP contribution in [0.25, 0.3) is 0 Å². The number of carbonyl (C=O) groups is 4. The van der Waals surface area contributed by atoms with Gasteiger partial charge in [0.15, 0.2) is 12.2 Å². The molecule has 0 fully saturated rings. The SMILES string of the molecule is CCCCCCCCCCCCCCCCCCCCC(=O)OC[C@H](COP(=O)(O)OC[C@@H](O)COP(=O)(O)OC[C@@H](COC(=O)CCCCCCCCCCCC)OC(=O)CCCCCCCCCCCCC)OC(=O)CCCCCCCCCCCCCCCCCCCC. The summed E-state index contributed by atoms with van der Waals surface area (Å²) >= 11 is 0. The lowest BCUT2D eigenvalue weighted by Crippen LogP contribution is -2.30. The Bertz CT molecular complexity index is 1840. The van der Waals surface area contributed by atoms with Crippen LogP contribution in [0.15, 0.2) is 0 Å². The maximum Gasteiger partial charge on any atom is 0.472 e. The second kappa shape index (κ2) is 72.4. The summed E-state index contributed by atoms with van der Waals surface area (Å²) in [6.45, 7) is 4.99. The maximum absolute atomic E-state index is 13.1. The summed E-state index contributed by atoms with van der Waals surface area (Å²) in [4.78, 5) is 72.8. The molecular weight excluding hydrogens is 1270 g/mol. The number of unbranched alkanes of at least 4 members (excludes halogenated alkanes) is 53. The van der Waals surface area contributed by atoms with Gasteiger partial charge in [0.2, 0.25) is 0 Å². The molecule has 0 saturated carbocycles. The molecule has 0 aromatic heterocycles. The molecule has 576 valence electrons. The molecule has 0 heterocycles. The zero-order valence-electron chi connectivity index (χ0n) is 63.1. The van der Waals surface area contributed by atoms with Crippen molar-refractivity contribution < 1.29 is 80.2 Å². The van der Waals surface area contributed by atoms with E-state index in [1.807, 2.05) is 0 Å². The number of phosphoric ester groups is 2. The van der Waals surface area contributed by atoms with Gasteiger partial charge in [-0.25, -0.2) is 9.13 Å². The van der Waals surface area contributed by atoms with E-state index >= 15 is 0 Å².